The first-order valence-corrected chi connectivity index (χ1v) is 10.8. The van der Waals surface area contributed by atoms with Crippen LogP contribution in [0.4, 0.5) is 5.69 Å². The van der Waals surface area contributed by atoms with E-state index in [1.165, 1.54) is 0 Å². The number of piperidine rings is 1. The molecule has 1 saturated heterocycles. The number of para-hydroxylation sites is 1. The van der Waals surface area contributed by atoms with Gasteiger partial charge in [-0.1, -0.05) is 24.3 Å². The van der Waals surface area contributed by atoms with E-state index >= 15 is 0 Å². The van der Waals surface area contributed by atoms with Gasteiger partial charge in [-0.3, -0.25) is 14.4 Å². The maximum Gasteiger partial charge on any atom is 0.313 e. The first-order valence-electron chi connectivity index (χ1n) is 10.8. The number of carbonyl (C=O) groups excluding carboxylic acids is 3. The summed E-state index contributed by atoms with van der Waals surface area (Å²) < 4.78 is 5.69. The molecule has 2 aromatic carbocycles. The highest BCUT2D eigenvalue weighted by Gasteiger charge is 2.26. The fourth-order valence-corrected chi connectivity index (χ4v) is 4.14. The van der Waals surface area contributed by atoms with E-state index in [-0.39, 0.29) is 11.8 Å². The Labute approximate surface area is 186 Å². The molecule has 3 amide bonds. The van der Waals surface area contributed by atoms with E-state index in [1.54, 1.807) is 11.0 Å². The monoisotopic (exact) mass is 433 g/mol. The molecule has 1 aromatic heterocycles. The third-order valence-electron chi connectivity index (χ3n) is 5.78. The molecule has 2 N–H and O–H groups in total. The van der Waals surface area contributed by atoms with E-state index in [0.717, 1.165) is 29.4 Å². The van der Waals surface area contributed by atoms with Gasteiger partial charge in [0.1, 0.15) is 5.58 Å². The number of fused-ring (bicyclic) bond motifs is 1. The quantitative estimate of drug-likeness (QED) is 0.615. The van der Waals surface area contributed by atoms with Gasteiger partial charge in [-0.05, 0) is 68.0 Å². The second-order valence-corrected chi connectivity index (χ2v) is 8.42. The molecule has 0 spiro atoms. The average Bonchev–Trinajstić information content (AvgIpc) is 3.21. The number of hydrogen-bond donors (Lipinski definition) is 2. The van der Waals surface area contributed by atoms with E-state index in [0.29, 0.717) is 36.7 Å². The number of rotatable bonds is 4. The lowest BCUT2D eigenvalue weighted by Crippen LogP contribution is -2.43. The molecule has 4 rings (SSSR count). The molecule has 0 atom stereocenters. The lowest BCUT2D eigenvalue weighted by Gasteiger charge is -2.31. The van der Waals surface area contributed by atoms with E-state index in [4.69, 9.17) is 4.42 Å². The first kappa shape index (κ1) is 21.6. The van der Waals surface area contributed by atoms with Crippen molar-refractivity contribution in [2.45, 2.75) is 26.7 Å². The van der Waals surface area contributed by atoms with Crippen LogP contribution in [0.25, 0.3) is 11.0 Å². The fraction of sp³-hybridized carbons (Fsp3) is 0.320. The van der Waals surface area contributed by atoms with Crippen LogP contribution in [0, 0.1) is 19.8 Å². The van der Waals surface area contributed by atoms with Crippen LogP contribution >= 0.6 is 0 Å². The molecule has 32 heavy (non-hydrogen) atoms. The van der Waals surface area contributed by atoms with Crippen LogP contribution in [-0.2, 0) is 9.59 Å². The number of anilines is 1. The van der Waals surface area contributed by atoms with Crippen molar-refractivity contribution in [3.05, 3.63) is 65.4 Å². The number of carbonyl (C=O) groups is 3. The van der Waals surface area contributed by atoms with Crippen LogP contribution in [-0.4, -0.2) is 42.3 Å². The van der Waals surface area contributed by atoms with Gasteiger partial charge in [-0.25, -0.2) is 0 Å². The molecule has 2 heterocycles. The maximum atomic E-state index is 12.8. The van der Waals surface area contributed by atoms with Crippen molar-refractivity contribution in [3.8, 4) is 0 Å². The van der Waals surface area contributed by atoms with Gasteiger partial charge in [0, 0.05) is 30.7 Å². The first-order chi connectivity index (χ1) is 15.4. The molecule has 166 valence electrons. The van der Waals surface area contributed by atoms with E-state index < -0.39 is 11.8 Å². The second kappa shape index (κ2) is 9.26. The highest BCUT2D eigenvalue weighted by atomic mass is 16.3. The Balaban J connectivity index is 1.24. The molecule has 0 aliphatic carbocycles. The Morgan fingerprint density at radius 2 is 1.66 bits per heavy atom. The summed E-state index contributed by atoms with van der Waals surface area (Å²) in [5, 5.41) is 6.28. The zero-order valence-electron chi connectivity index (χ0n) is 18.3. The van der Waals surface area contributed by atoms with Gasteiger partial charge in [-0.2, -0.15) is 0 Å². The summed E-state index contributed by atoms with van der Waals surface area (Å²) in [5.41, 5.74) is 3.35. The van der Waals surface area contributed by atoms with Crippen LogP contribution in [0.3, 0.4) is 0 Å². The number of amides is 3. The predicted molar refractivity (Wildman–Crippen MR) is 122 cm³/mol. The fourth-order valence-electron chi connectivity index (χ4n) is 4.14. The van der Waals surface area contributed by atoms with Crippen LogP contribution in [0.15, 0.2) is 52.9 Å². The molecule has 3 aromatic rings. The molecular weight excluding hydrogens is 406 g/mol. The van der Waals surface area contributed by atoms with Gasteiger partial charge in [0.05, 0.1) is 0 Å². The number of nitrogens with one attached hydrogen (secondary N) is 2. The summed E-state index contributed by atoms with van der Waals surface area (Å²) in [5.74, 6) is -0.873. The highest BCUT2D eigenvalue weighted by Crippen LogP contribution is 2.23. The minimum Gasteiger partial charge on any atom is -0.451 e. The minimum absolute atomic E-state index is 0.114. The van der Waals surface area contributed by atoms with Gasteiger partial charge in [0.2, 0.25) is 0 Å². The van der Waals surface area contributed by atoms with Gasteiger partial charge >= 0.3 is 11.8 Å². The number of likely N-dealkylation sites (tertiary alicyclic amines) is 1. The zero-order chi connectivity index (χ0) is 22.7. The Kier molecular flexibility index (Phi) is 6.25. The smallest absolute Gasteiger partial charge is 0.313 e. The lowest BCUT2D eigenvalue weighted by atomic mass is 9.96. The zero-order valence-corrected chi connectivity index (χ0v) is 18.3. The minimum atomic E-state index is -0.674. The molecular formula is C25H27N3O4. The summed E-state index contributed by atoms with van der Waals surface area (Å²) in [6, 6.07) is 15.0. The molecule has 7 heteroatoms. The molecule has 1 aliphatic rings. The number of hydrogen-bond acceptors (Lipinski definition) is 4. The maximum absolute atomic E-state index is 12.8. The number of furan rings is 1. The van der Waals surface area contributed by atoms with E-state index in [1.807, 2.05) is 56.3 Å². The van der Waals surface area contributed by atoms with E-state index in [2.05, 4.69) is 10.6 Å². The summed E-state index contributed by atoms with van der Waals surface area (Å²) in [4.78, 5) is 38.9. The van der Waals surface area contributed by atoms with Gasteiger partial charge < -0.3 is 20.0 Å². The Hall–Kier alpha value is -3.61. The molecule has 7 nitrogen and oxygen atoms in total. The normalized spacial score (nSPS) is 14.4. The number of nitrogens with zero attached hydrogens (tertiary/aromatic N) is 1. The lowest BCUT2D eigenvalue weighted by molar-refractivity contribution is -0.136. The third kappa shape index (κ3) is 4.99. The second-order valence-electron chi connectivity index (χ2n) is 8.42. The van der Waals surface area contributed by atoms with Crippen LogP contribution < -0.4 is 10.6 Å². The van der Waals surface area contributed by atoms with Crippen molar-refractivity contribution in [1.82, 2.24) is 10.2 Å². The average molecular weight is 434 g/mol. The third-order valence-corrected chi connectivity index (χ3v) is 5.78. The number of aryl methyl sites for hydroxylation is 2. The molecule has 0 unspecified atom stereocenters. The molecule has 1 fully saturated rings. The molecule has 0 saturated carbocycles. The van der Waals surface area contributed by atoms with Crippen LogP contribution in [0.2, 0.25) is 0 Å². The van der Waals surface area contributed by atoms with Gasteiger partial charge in [0.25, 0.3) is 5.91 Å². The van der Waals surface area contributed by atoms with Crippen molar-refractivity contribution in [1.29, 1.82) is 0 Å². The van der Waals surface area contributed by atoms with Crippen molar-refractivity contribution in [2.24, 2.45) is 5.92 Å². The van der Waals surface area contributed by atoms with Crippen LogP contribution in [0.5, 0.6) is 0 Å². The summed E-state index contributed by atoms with van der Waals surface area (Å²) in [6.45, 7) is 5.46. The Morgan fingerprint density at radius 3 is 2.34 bits per heavy atom. The summed E-state index contributed by atoms with van der Waals surface area (Å²) in [7, 11) is 0. The van der Waals surface area contributed by atoms with Gasteiger partial charge in [0.15, 0.2) is 5.76 Å². The predicted octanol–water partition coefficient (Wildman–Crippen LogP) is 3.66. The molecule has 0 radical (unpaired) electrons. The molecule has 0 bridgehead atoms. The number of benzene rings is 2. The van der Waals surface area contributed by atoms with Crippen molar-refractivity contribution >= 4 is 34.4 Å². The van der Waals surface area contributed by atoms with E-state index in [9.17, 15) is 14.4 Å². The SMILES string of the molecule is Cc1cc(C)cc(NC(=O)C(=O)NCC2CCN(C(=O)c3cc4ccccc4o3)CC2)c1. The highest BCUT2D eigenvalue weighted by molar-refractivity contribution is 6.39. The Bertz CT molecular complexity index is 1110. The topological polar surface area (TPSA) is 91.7 Å². The van der Waals surface area contributed by atoms with Crippen molar-refractivity contribution in [3.63, 3.8) is 0 Å². The standard InChI is InChI=1S/C25H27N3O4/c1-16-11-17(2)13-20(12-16)27-24(30)23(29)26-15-18-7-9-28(10-8-18)25(31)22-14-19-5-3-4-6-21(19)32-22/h3-6,11-14,18H,7-10,15H2,1-2H3,(H,26,29)(H,27,30). The van der Waals surface area contributed by atoms with Crippen molar-refractivity contribution in [2.75, 3.05) is 25.0 Å². The molecule has 1 aliphatic heterocycles. The Morgan fingerprint density at radius 1 is 0.969 bits per heavy atom. The summed E-state index contributed by atoms with van der Waals surface area (Å²) in [6.07, 6.45) is 1.51. The summed E-state index contributed by atoms with van der Waals surface area (Å²) >= 11 is 0. The van der Waals surface area contributed by atoms with Crippen LogP contribution in [0.1, 0.15) is 34.5 Å². The van der Waals surface area contributed by atoms with Gasteiger partial charge in [-0.15, -0.1) is 0 Å². The largest absolute Gasteiger partial charge is 0.451 e. The van der Waals surface area contributed by atoms with Crippen molar-refractivity contribution < 1.29 is 18.8 Å².